The van der Waals surface area contributed by atoms with Crippen LogP contribution in [-0.4, -0.2) is 18.6 Å². The molecule has 4 nitrogen and oxygen atoms in total. The van der Waals surface area contributed by atoms with E-state index in [9.17, 15) is 13.6 Å². The predicted molar refractivity (Wildman–Crippen MR) is 58.6 cm³/mol. The number of nitrogens with one attached hydrogen (secondary N) is 1. The molecule has 0 aliphatic rings. The van der Waals surface area contributed by atoms with E-state index in [4.69, 9.17) is 5.73 Å². The van der Waals surface area contributed by atoms with Crippen LogP contribution in [-0.2, 0) is 11.3 Å². The first kappa shape index (κ1) is 13.4. The van der Waals surface area contributed by atoms with Gasteiger partial charge in [-0.1, -0.05) is 12.1 Å². The quantitative estimate of drug-likeness (QED) is 0.819. The lowest BCUT2D eigenvalue weighted by atomic mass is 10.2. The largest absolute Gasteiger partial charge is 0.435 e. The van der Waals surface area contributed by atoms with Crippen LogP contribution in [0.5, 0.6) is 5.75 Å². The molecule has 0 radical (unpaired) electrons. The van der Waals surface area contributed by atoms with E-state index in [1.165, 1.54) is 12.1 Å². The SMILES string of the molecule is C[C@@H](N)C(=O)NCc1cccc(OC(F)F)c1. The molecule has 0 saturated heterocycles. The lowest BCUT2D eigenvalue weighted by Gasteiger charge is -2.09. The van der Waals surface area contributed by atoms with Crippen LogP contribution in [0.3, 0.4) is 0 Å². The minimum Gasteiger partial charge on any atom is -0.435 e. The highest BCUT2D eigenvalue weighted by Crippen LogP contribution is 2.15. The summed E-state index contributed by atoms with van der Waals surface area (Å²) in [4.78, 5) is 11.2. The number of carbonyl (C=O) groups is 1. The second kappa shape index (κ2) is 6.15. The van der Waals surface area contributed by atoms with E-state index < -0.39 is 12.7 Å². The zero-order valence-corrected chi connectivity index (χ0v) is 9.32. The van der Waals surface area contributed by atoms with Gasteiger partial charge in [0, 0.05) is 6.54 Å². The monoisotopic (exact) mass is 244 g/mol. The topological polar surface area (TPSA) is 64.4 Å². The molecule has 17 heavy (non-hydrogen) atoms. The highest BCUT2D eigenvalue weighted by Gasteiger charge is 2.07. The standard InChI is InChI=1S/C11H14F2N2O2/c1-7(14)10(16)15-6-8-3-2-4-9(5-8)17-11(12)13/h2-5,7,11H,6,14H2,1H3,(H,15,16)/t7-/m1/s1. The summed E-state index contributed by atoms with van der Waals surface area (Å²) in [6.07, 6.45) is 0. The molecule has 0 bridgehead atoms. The molecule has 1 aromatic carbocycles. The summed E-state index contributed by atoms with van der Waals surface area (Å²) in [5.41, 5.74) is 6.02. The number of rotatable bonds is 5. The van der Waals surface area contributed by atoms with Crippen LogP contribution in [0.15, 0.2) is 24.3 Å². The molecule has 1 amide bonds. The predicted octanol–water partition coefficient (Wildman–Crippen LogP) is 1.25. The van der Waals surface area contributed by atoms with Crippen molar-refractivity contribution in [2.75, 3.05) is 0 Å². The van der Waals surface area contributed by atoms with Gasteiger partial charge in [-0.3, -0.25) is 4.79 Å². The first-order valence-corrected chi connectivity index (χ1v) is 5.06. The molecule has 0 aliphatic carbocycles. The van der Waals surface area contributed by atoms with Crippen molar-refractivity contribution in [2.45, 2.75) is 26.1 Å². The third-order valence-corrected chi connectivity index (χ3v) is 2.00. The molecule has 0 saturated carbocycles. The summed E-state index contributed by atoms with van der Waals surface area (Å²) < 4.78 is 28.2. The summed E-state index contributed by atoms with van der Waals surface area (Å²) in [5, 5.41) is 2.57. The van der Waals surface area contributed by atoms with Gasteiger partial charge in [0.2, 0.25) is 5.91 Å². The Morgan fingerprint density at radius 3 is 2.82 bits per heavy atom. The Bertz CT molecular complexity index is 383. The summed E-state index contributed by atoms with van der Waals surface area (Å²) >= 11 is 0. The molecule has 1 atom stereocenters. The molecule has 0 aliphatic heterocycles. The second-order valence-electron chi connectivity index (χ2n) is 3.53. The van der Waals surface area contributed by atoms with Crippen LogP contribution in [0.4, 0.5) is 8.78 Å². The summed E-state index contributed by atoms with van der Waals surface area (Å²) in [7, 11) is 0. The van der Waals surface area contributed by atoms with Gasteiger partial charge < -0.3 is 15.8 Å². The van der Waals surface area contributed by atoms with E-state index in [2.05, 4.69) is 10.1 Å². The van der Waals surface area contributed by atoms with Gasteiger partial charge in [0.05, 0.1) is 6.04 Å². The molecule has 0 spiro atoms. The maximum atomic E-state index is 12.0. The molecule has 3 N–H and O–H groups in total. The fraction of sp³-hybridized carbons (Fsp3) is 0.364. The average Bonchev–Trinajstić information content (AvgIpc) is 2.25. The minimum absolute atomic E-state index is 0.0625. The summed E-state index contributed by atoms with van der Waals surface area (Å²) in [6.45, 7) is -1.07. The normalized spacial score (nSPS) is 12.3. The van der Waals surface area contributed by atoms with Crippen molar-refractivity contribution in [1.82, 2.24) is 5.32 Å². The van der Waals surface area contributed by atoms with Gasteiger partial charge >= 0.3 is 6.61 Å². The molecule has 0 unspecified atom stereocenters. The second-order valence-corrected chi connectivity index (χ2v) is 3.53. The maximum absolute atomic E-state index is 12.0. The summed E-state index contributed by atoms with van der Waals surface area (Å²) in [5.74, 6) is -0.238. The number of amides is 1. The Kier molecular flexibility index (Phi) is 4.84. The van der Waals surface area contributed by atoms with Gasteiger partial charge in [-0.2, -0.15) is 8.78 Å². The molecule has 0 heterocycles. The Morgan fingerprint density at radius 1 is 1.53 bits per heavy atom. The first-order chi connectivity index (χ1) is 7.99. The van der Waals surface area contributed by atoms with Crippen LogP contribution >= 0.6 is 0 Å². The Balaban J connectivity index is 2.57. The van der Waals surface area contributed by atoms with Crippen LogP contribution in [0.25, 0.3) is 0 Å². The van der Waals surface area contributed by atoms with Crippen LogP contribution < -0.4 is 15.8 Å². The van der Waals surface area contributed by atoms with Gasteiger partial charge in [-0.15, -0.1) is 0 Å². The molecule has 1 rings (SSSR count). The molecule has 94 valence electrons. The van der Waals surface area contributed by atoms with Crippen molar-refractivity contribution in [3.05, 3.63) is 29.8 Å². The molecular weight excluding hydrogens is 230 g/mol. The van der Waals surface area contributed by atoms with Crippen molar-refractivity contribution in [3.8, 4) is 5.75 Å². The van der Waals surface area contributed by atoms with Crippen molar-refractivity contribution < 1.29 is 18.3 Å². The molecule has 6 heteroatoms. The average molecular weight is 244 g/mol. The van der Waals surface area contributed by atoms with Gasteiger partial charge in [-0.05, 0) is 24.6 Å². The number of hydrogen-bond donors (Lipinski definition) is 2. The molecule has 0 aromatic heterocycles. The van der Waals surface area contributed by atoms with Gasteiger partial charge in [-0.25, -0.2) is 0 Å². The Hall–Kier alpha value is -1.69. The van der Waals surface area contributed by atoms with E-state index in [0.717, 1.165) is 0 Å². The van der Waals surface area contributed by atoms with Crippen molar-refractivity contribution in [3.63, 3.8) is 0 Å². The van der Waals surface area contributed by atoms with E-state index in [1.54, 1.807) is 19.1 Å². The smallest absolute Gasteiger partial charge is 0.387 e. The van der Waals surface area contributed by atoms with E-state index in [0.29, 0.717) is 5.56 Å². The van der Waals surface area contributed by atoms with E-state index in [1.807, 2.05) is 0 Å². The van der Waals surface area contributed by atoms with Gasteiger partial charge in [0.1, 0.15) is 5.75 Å². The van der Waals surface area contributed by atoms with Gasteiger partial charge in [0.15, 0.2) is 0 Å². The van der Waals surface area contributed by atoms with Crippen molar-refractivity contribution >= 4 is 5.91 Å². The maximum Gasteiger partial charge on any atom is 0.387 e. The third-order valence-electron chi connectivity index (χ3n) is 2.00. The number of ether oxygens (including phenoxy) is 1. The van der Waals surface area contributed by atoms with Crippen molar-refractivity contribution in [2.24, 2.45) is 5.73 Å². The lowest BCUT2D eigenvalue weighted by molar-refractivity contribution is -0.122. The molecule has 1 aromatic rings. The highest BCUT2D eigenvalue weighted by molar-refractivity contribution is 5.80. The van der Waals surface area contributed by atoms with Crippen LogP contribution in [0, 0.1) is 0 Å². The minimum atomic E-state index is -2.86. The number of halogens is 2. The van der Waals surface area contributed by atoms with Crippen LogP contribution in [0.2, 0.25) is 0 Å². The van der Waals surface area contributed by atoms with E-state index >= 15 is 0 Å². The number of hydrogen-bond acceptors (Lipinski definition) is 3. The Morgan fingerprint density at radius 2 is 2.24 bits per heavy atom. The fourth-order valence-corrected chi connectivity index (χ4v) is 1.18. The molecular formula is C11H14F2N2O2. The number of alkyl halides is 2. The zero-order valence-electron chi connectivity index (χ0n) is 9.32. The zero-order chi connectivity index (χ0) is 12.8. The highest BCUT2D eigenvalue weighted by atomic mass is 19.3. The Labute approximate surface area is 97.8 Å². The number of benzene rings is 1. The summed E-state index contributed by atoms with van der Waals surface area (Å²) in [6, 6.07) is 5.53. The molecule has 0 fully saturated rings. The number of nitrogens with two attached hydrogens (primary N) is 1. The third kappa shape index (κ3) is 4.78. The lowest BCUT2D eigenvalue weighted by Crippen LogP contribution is -2.37. The van der Waals surface area contributed by atoms with Crippen LogP contribution in [0.1, 0.15) is 12.5 Å². The number of carbonyl (C=O) groups excluding carboxylic acids is 1. The van der Waals surface area contributed by atoms with E-state index in [-0.39, 0.29) is 18.2 Å². The van der Waals surface area contributed by atoms with Crippen molar-refractivity contribution in [1.29, 1.82) is 0 Å². The fourth-order valence-electron chi connectivity index (χ4n) is 1.18. The first-order valence-electron chi connectivity index (χ1n) is 5.06. The van der Waals surface area contributed by atoms with Gasteiger partial charge in [0.25, 0.3) is 0 Å².